The van der Waals surface area contributed by atoms with Gasteiger partial charge >= 0.3 is 0 Å². The number of para-hydroxylation sites is 1. The van der Waals surface area contributed by atoms with Gasteiger partial charge in [-0.25, -0.2) is 9.07 Å². The lowest BCUT2D eigenvalue weighted by Crippen LogP contribution is -2.48. The lowest BCUT2D eigenvalue weighted by molar-refractivity contribution is 0.145. The van der Waals surface area contributed by atoms with E-state index >= 15 is 0 Å². The van der Waals surface area contributed by atoms with Gasteiger partial charge in [0.25, 0.3) is 0 Å². The van der Waals surface area contributed by atoms with Crippen molar-refractivity contribution in [3.05, 3.63) is 35.9 Å². The van der Waals surface area contributed by atoms with Crippen LogP contribution < -0.4 is 4.90 Å². The van der Waals surface area contributed by atoms with E-state index < -0.39 is 0 Å². The van der Waals surface area contributed by atoms with E-state index in [-0.39, 0.29) is 11.9 Å². The Morgan fingerprint density at radius 3 is 2.56 bits per heavy atom. The monoisotopic (exact) mass is 376 g/mol. The fourth-order valence-electron chi connectivity index (χ4n) is 3.63. The first-order valence-electron chi connectivity index (χ1n) is 9.58. The van der Waals surface area contributed by atoms with Gasteiger partial charge in [0, 0.05) is 33.3 Å². The molecule has 0 saturated carbocycles. The van der Waals surface area contributed by atoms with Gasteiger partial charge in [-0.05, 0) is 34.9 Å². The van der Waals surface area contributed by atoms with Crippen molar-refractivity contribution in [1.82, 2.24) is 25.1 Å². The average molecular weight is 376 g/mol. The highest BCUT2D eigenvalue weighted by molar-refractivity contribution is 5.48. The van der Waals surface area contributed by atoms with Crippen molar-refractivity contribution in [2.45, 2.75) is 32.9 Å². The zero-order chi connectivity index (χ0) is 19.2. The van der Waals surface area contributed by atoms with Gasteiger partial charge in [0.05, 0.1) is 24.9 Å². The smallest absolute Gasteiger partial charge is 0.168 e. The predicted molar refractivity (Wildman–Crippen MR) is 102 cm³/mol. The highest BCUT2D eigenvalue weighted by Gasteiger charge is 2.30. The largest absolute Gasteiger partial charge is 0.383 e. The van der Waals surface area contributed by atoms with Gasteiger partial charge in [-0.2, -0.15) is 0 Å². The Morgan fingerprint density at radius 2 is 1.89 bits per heavy atom. The number of ether oxygens (including phenoxy) is 1. The number of nitrogens with zero attached hydrogens (tertiary/aromatic N) is 6. The number of hydrogen-bond acceptors (Lipinski definition) is 6. The van der Waals surface area contributed by atoms with Crippen LogP contribution >= 0.6 is 0 Å². The van der Waals surface area contributed by atoms with Gasteiger partial charge in [-0.15, -0.1) is 5.10 Å². The SMILES string of the molecule is COCCn1nnnc1[C@H](CC(C)C)N1CCN(c2ccccc2F)CC1. The maximum atomic E-state index is 14.1. The Labute approximate surface area is 160 Å². The number of piperazine rings is 1. The van der Waals surface area contributed by atoms with Crippen molar-refractivity contribution >= 4 is 5.69 Å². The minimum absolute atomic E-state index is 0.152. The fourth-order valence-corrected chi connectivity index (χ4v) is 3.63. The van der Waals surface area contributed by atoms with E-state index in [0.717, 1.165) is 38.4 Å². The molecule has 2 heterocycles. The third kappa shape index (κ3) is 4.81. The summed E-state index contributed by atoms with van der Waals surface area (Å²) in [7, 11) is 1.68. The number of rotatable bonds is 8. The second-order valence-electron chi connectivity index (χ2n) is 7.37. The number of anilines is 1. The molecule has 148 valence electrons. The Balaban J connectivity index is 1.72. The second-order valence-corrected chi connectivity index (χ2v) is 7.37. The van der Waals surface area contributed by atoms with E-state index in [2.05, 4.69) is 39.2 Å². The lowest BCUT2D eigenvalue weighted by Gasteiger charge is -2.40. The maximum Gasteiger partial charge on any atom is 0.168 e. The standard InChI is InChI=1S/C19H29FN6O/c1-15(2)14-18(19-21-22-23-26(19)12-13-27-3)25-10-8-24(9-11-25)17-7-5-4-6-16(17)20/h4-7,15,18H,8-14H2,1-3H3/t18-/m0/s1. The average Bonchev–Trinajstić information content (AvgIpc) is 3.13. The molecule has 1 aliphatic rings. The van der Waals surface area contributed by atoms with Gasteiger partial charge in [0.2, 0.25) is 0 Å². The normalized spacial score (nSPS) is 16.9. The maximum absolute atomic E-state index is 14.1. The van der Waals surface area contributed by atoms with Crippen molar-refractivity contribution in [3.8, 4) is 0 Å². The van der Waals surface area contributed by atoms with Crippen LogP contribution in [0.2, 0.25) is 0 Å². The van der Waals surface area contributed by atoms with Crippen LogP contribution in [0.4, 0.5) is 10.1 Å². The Morgan fingerprint density at radius 1 is 1.15 bits per heavy atom. The molecule has 7 nitrogen and oxygen atoms in total. The van der Waals surface area contributed by atoms with Crippen molar-refractivity contribution in [3.63, 3.8) is 0 Å². The van der Waals surface area contributed by atoms with Crippen molar-refractivity contribution in [2.24, 2.45) is 5.92 Å². The Bertz CT molecular complexity index is 714. The molecular formula is C19H29FN6O. The van der Waals surface area contributed by atoms with Gasteiger partial charge < -0.3 is 9.64 Å². The summed E-state index contributed by atoms with van der Waals surface area (Å²) in [5.41, 5.74) is 0.683. The summed E-state index contributed by atoms with van der Waals surface area (Å²) in [6, 6.07) is 7.14. The molecule has 0 bridgehead atoms. The summed E-state index contributed by atoms with van der Waals surface area (Å²) in [5, 5.41) is 12.4. The quantitative estimate of drug-likeness (QED) is 0.705. The second kappa shape index (κ2) is 9.23. The van der Waals surface area contributed by atoms with Crippen molar-refractivity contribution < 1.29 is 9.13 Å². The molecule has 1 saturated heterocycles. The predicted octanol–water partition coefficient (Wildman–Crippen LogP) is 2.37. The number of benzene rings is 1. The first kappa shape index (κ1) is 19.7. The minimum Gasteiger partial charge on any atom is -0.383 e. The van der Waals surface area contributed by atoms with Gasteiger partial charge in [0.1, 0.15) is 5.82 Å². The van der Waals surface area contributed by atoms with E-state index in [0.29, 0.717) is 24.8 Å². The van der Waals surface area contributed by atoms with Crippen LogP contribution in [0.1, 0.15) is 32.1 Å². The fraction of sp³-hybridized carbons (Fsp3) is 0.632. The van der Waals surface area contributed by atoms with Crippen molar-refractivity contribution in [2.75, 3.05) is 44.8 Å². The number of methoxy groups -OCH3 is 1. The molecule has 1 aromatic heterocycles. The lowest BCUT2D eigenvalue weighted by atomic mass is 10.0. The molecule has 0 unspecified atom stereocenters. The Kier molecular flexibility index (Phi) is 6.73. The first-order valence-corrected chi connectivity index (χ1v) is 9.58. The summed E-state index contributed by atoms with van der Waals surface area (Å²) in [6.45, 7) is 8.92. The van der Waals surface area contributed by atoms with Crippen LogP contribution in [0, 0.1) is 11.7 Å². The summed E-state index contributed by atoms with van der Waals surface area (Å²) < 4.78 is 21.1. The number of halogens is 1. The summed E-state index contributed by atoms with van der Waals surface area (Å²) >= 11 is 0. The molecular weight excluding hydrogens is 347 g/mol. The third-order valence-corrected chi connectivity index (χ3v) is 5.01. The molecule has 2 aromatic rings. The third-order valence-electron chi connectivity index (χ3n) is 5.01. The van der Waals surface area contributed by atoms with E-state index in [4.69, 9.17) is 4.74 Å². The number of tetrazole rings is 1. The van der Waals surface area contributed by atoms with Gasteiger partial charge in [-0.1, -0.05) is 26.0 Å². The zero-order valence-electron chi connectivity index (χ0n) is 16.4. The molecule has 8 heteroatoms. The molecule has 3 rings (SSSR count). The minimum atomic E-state index is -0.159. The van der Waals surface area contributed by atoms with E-state index in [1.54, 1.807) is 13.2 Å². The molecule has 0 aliphatic carbocycles. The summed E-state index contributed by atoms with van der Waals surface area (Å²) in [5.74, 6) is 1.25. The zero-order valence-corrected chi connectivity index (χ0v) is 16.4. The summed E-state index contributed by atoms with van der Waals surface area (Å²) in [4.78, 5) is 4.54. The van der Waals surface area contributed by atoms with Crippen molar-refractivity contribution in [1.29, 1.82) is 0 Å². The van der Waals surface area contributed by atoms with E-state index in [1.165, 1.54) is 6.07 Å². The highest BCUT2D eigenvalue weighted by Crippen LogP contribution is 2.29. The van der Waals surface area contributed by atoms with Gasteiger partial charge in [0.15, 0.2) is 5.82 Å². The Hall–Kier alpha value is -2.06. The number of hydrogen-bond donors (Lipinski definition) is 0. The molecule has 1 atom stereocenters. The van der Waals surface area contributed by atoms with Crippen LogP contribution in [0.3, 0.4) is 0 Å². The van der Waals surface area contributed by atoms with Crippen LogP contribution in [-0.2, 0) is 11.3 Å². The molecule has 1 aromatic carbocycles. The van der Waals surface area contributed by atoms with Crippen LogP contribution in [0.15, 0.2) is 24.3 Å². The summed E-state index contributed by atoms with van der Waals surface area (Å²) in [6.07, 6.45) is 0.979. The molecule has 0 N–H and O–H groups in total. The number of aromatic nitrogens is 4. The molecule has 1 aliphatic heterocycles. The van der Waals surface area contributed by atoms with E-state index in [9.17, 15) is 4.39 Å². The first-order chi connectivity index (χ1) is 13.1. The molecule has 0 amide bonds. The molecule has 27 heavy (non-hydrogen) atoms. The van der Waals surface area contributed by atoms with Crippen LogP contribution in [0.5, 0.6) is 0 Å². The van der Waals surface area contributed by atoms with Crippen LogP contribution in [-0.4, -0.2) is 65.0 Å². The topological polar surface area (TPSA) is 59.3 Å². The van der Waals surface area contributed by atoms with E-state index in [1.807, 2.05) is 16.8 Å². The molecule has 0 radical (unpaired) electrons. The highest BCUT2D eigenvalue weighted by atomic mass is 19.1. The molecule has 1 fully saturated rings. The van der Waals surface area contributed by atoms with Crippen LogP contribution in [0.25, 0.3) is 0 Å². The van der Waals surface area contributed by atoms with Gasteiger partial charge in [-0.3, -0.25) is 4.90 Å². The molecule has 0 spiro atoms.